The summed E-state index contributed by atoms with van der Waals surface area (Å²) in [5.74, 6) is 0.305. The zero-order chi connectivity index (χ0) is 16.0. The predicted molar refractivity (Wildman–Crippen MR) is 79.7 cm³/mol. The standard InChI is InChI=1S/C15H25N3O3/c1-6-8-18(14(20)15(3,4)5)10-11-9-12(17-21-11)13(19)16-7-2/h9H,6-8,10H2,1-5H3,(H,16,19). The molecular weight excluding hydrogens is 270 g/mol. The van der Waals surface area contributed by atoms with Crippen molar-refractivity contribution in [3.63, 3.8) is 0 Å². The number of nitrogens with one attached hydrogen (secondary N) is 1. The molecule has 0 aromatic carbocycles. The monoisotopic (exact) mass is 295 g/mol. The Bertz CT molecular complexity index is 489. The zero-order valence-electron chi connectivity index (χ0n) is 13.5. The maximum Gasteiger partial charge on any atom is 0.273 e. The number of amides is 2. The fraction of sp³-hybridized carbons (Fsp3) is 0.667. The Labute approximate surface area is 125 Å². The quantitative estimate of drug-likeness (QED) is 0.873. The Balaban J connectivity index is 2.81. The highest BCUT2D eigenvalue weighted by Crippen LogP contribution is 2.19. The van der Waals surface area contributed by atoms with Crippen LogP contribution in [0.3, 0.4) is 0 Å². The van der Waals surface area contributed by atoms with Crippen LogP contribution < -0.4 is 5.32 Å². The van der Waals surface area contributed by atoms with Crippen LogP contribution in [-0.2, 0) is 11.3 Å². The van der Waals surface area contributed by atoms with Crippen LogP contribution in [0.15, 0.2) is 10.6 Å². The van der Waals surface area contributed by atoms with Gasteiger partial charge in [0.15, 0.2) is 11.5 Å². The molecule has 0 bridgehead atoms. The molecule has 6 nitrogen and oxygen atoms in total. The van der Waals surface area contributed by atoms with E-state index in [0.717, 1.165) is 6.42 Å². The van der Waals surface area contributed by atoms with Crippen LogP contribution in [-0.4, -0.2) is 35.0 Å². The smallest absolute Gasteiger partial charge is 0.273 e. The molecule has 0 spiro atoms. The van der Waals surface area contributed by atoms with E-state index in [1.54, 1.807) is 11.0 Å². The third kappa shape index (κ3) is 4.88. The van der Waals surface area contributed by atoms with E-state index in [1.807, 2.05) is 34.6 Å². The molecule has 0 aliphatic heterocycles. The molecule has 1 heterocycles. The van der Waals surface area contributed by atoms with E-state index in [2.05, 4.69) is 10.5 Å². The van der Waals surface area contributed by atoms with Crippen molar-refractivity contribution in [3.05, 3.63) is 17.5 Å². The normalized spacial score (nSPS) is 11.3. The maximum absolute atomic E-state index is 12.4. The van der Waals surface area contributed by atoms with E-state index in [-0.39, 0.29) is 17.5 Å². The van der Waals surface area contributed by atoms with Gasteiger partial charge in [0, 0.05) is 24.6 Å². The largest absolute Gasteiger partial charge is 0.359 e. The van der Waals surface area contributed by atoms with Gasteiger partial charge in [-0.2, -0.15) is 0 Å². The van der Waals surface area contributed by atoms with Crippen molar-refractivity contribution in [2.75, 3.05) is 13.1 Å². The number of rotatable bonds is 6. The van der Waals surface area contributed by atoms with E-state index in [0.29, 0.717) is 25.4 Å². The molecule has 1 aromatic rings. The first kappa shape index (κ1) is 17.2. The van der Waals surface area contributed by atoms with Gasteiger partial charge in [0.25, 0.3) is 5.91 Å². The number of nitrogens with zero attached hydrogens (tertiary/aromatic N) is 2. The van der Waals surface area contributed by atoms with Crippen LogP contribution in [0.5, 0.6) is 0 Å². The van der Waals surface area contributed by atoms with Crippen molar-refractivity contribution < 1.29 is 14.1 Å². The summed E-state index contributed by atoms with van der Waals surface area (Å²) in [5, 5.41) is 6.40. The van der Waals surface area contributed by atoms with Gasteiger partial charge in [-0.3, -0.25) is 9.59 Å². The average molecular weight is 295 g/mol. The molecule has 0 saturated carbocycles. The van der Waals surface area contributed by atoms with Crippen LogP contribution >= 0.6 is 0 Å². The summed E-state index contributed by atoms with van der Waals surface area (Å²) in [4.78, 5) is 25.8. The van der Waals surface area contributed by atoms with Crippen molar-refractivity contribution in [2.24, 2.45) is 5.41 Å². The van der Waals surface area contributed by atoms with Crippen molar-refractivity contribution in [1.82, 2.24) is 15.4 Å². The molecule has 0 fully saturated rings. The van der Waals surface area contributed by atoms with Gasteiger partial charge in [-0.15, -0.1) is 0 Å². The molecular formula is C15H25N3O3. The minimum absolute atomic E-state index is 0.0558. The molecule has 1 aromatic heterocycles. The molecule has 0 aliphatic rings. The van der Waals surface area contributed by atoms with Gasteiger partial charge in [-0.1, -0.05) is 32.9 Å². The number of carbonyl (C=O) groups is 2. The van der Waals surface area contributed by atoms with Crippen molar-refractivity contribution >= 4 is 11.8 Å². The molecule has 6 heteroatoms. The highest BCUT2D eigenvalue weighted by atomic mass is 16.5. The van der Waals surface area contributed by atoms with E-state index >= 15 is 0 Å². The first-order valence-electron chi connectivity index (χ1n) is 7.32. The van der Waals surface area contributed by atoms with Crippen LogP contribution in [0.25, 0.3) is 0 Å². The molecule has 0 atom stereocenters. The zero-order valence-corrected chi connectivity index (χ0v) is 13.5. The average Bonchev–Trinajstić information content (AvgIpc) is 2.85. The van der Waals surface area contributed by atoms with Crippen LogP contribution in [0.1, 0.15) is 57.3 Å². The summed E-state index contributed by atoms with van der Waals surface area (Å²) < 4.78 is 5.17. The van der Waals surface area contributed by atoms with Gasteiger partial charge < -0.3 is 14.7 Å². The maximum atomic E-state index is 12.4. The number of carbonyl (C=O) groups excluding carboxylic acids is 2. The Morgan fingerprint density at radius 2 is 2.00 bits per heavy atom. The number of aromatic nitrogens is 1. The Morgan fingerprint density at radius 3 is 2.52 bits per heavy atom. The lowest BCUT2D eigenvalue weighted by Crippen LogP contribution is -2.39. The van der Waals surface area contributed by atoms with Gasteiger partial charge in [0.1, 0.15) is 0 Å². The van der Waals surface area contributed by atoms with Gasteiger partial charge in [-0.05, 0) is 13.3 Å². The first-order valence-corrected chi connectivity index (χ1v) is 7.32. The highest BCUT2D eigenvalue weighted by Gasteiger charge is 2.27. The first-order chi connectivity index (χ1) is 9.79. The van der Waals surface area contributed by atoms with Crippen molar-refractivity contribution in [3.8, 4) is 0 Å². The van der Waals surface area contributed by atoms with E-state index in [9.17, 15) is 9.59 Å². The van der Waals surface area contributed by atoms with Crippen molar-refractivity contribution in [2.45, 2.75) is 47.6 Å². The molecule has 0 aliphatic carbocycles. The van der Waals surface area contributed by atoms with E-state index in [1.165, 1.54) is 0 Å². The van der Waals surface area contributed by atoms with E-state index in [4.69, 9.17) is 4.52 Å². The molecule has 1 N–H and O–H groups in total. The molecule has 0 unspecified atom stereocenters. The third-order valence-corrected chi connectivity index (χ3v) is 2.90. The summed E-state index contributed by atoms with van der Waals surface area (Å²) in [6.45, 7) is 11.0. The fourth-order valence-electron chi connectivity index (χ4n) is 1.93. The third-order valence-electron chi connectivity index (χ3n) is 2.90. The molecule has 118 valence electrons. The SMILES string of the molecule is CCCN(Cc1cc(C(=O)NCC)no1)C(=O)C(C)(C)C. The van der Waals surface area contributed by atoms with Gasteiger partial charge >= 0.3 is 0 Å². The van der Waals surface area contributed by atoms with Crippen LogP contribution in [0.4, 0.5) is 0 Å². The van der Waals surface area contributed by atoms with E-state index < -0.39 is 5.41 Å². The lowest BCUT2D eigenvalue weighted by atomic mass is 9.94. The fourth-order valence-corrected chi connectivity index (χ4v) is 1.93. The molecule has 21 heavy (non-hydrogen) atoms. The van der Waals surface area contributed by atoms with Gasteiger partial charge in [-0.25, -0.2) is 0 Å². The van der Waals surface area contributed by atoms with Gasteiger partial charge in [0.2, 0.25) is 5.91 Å². The lowest BCUT2D eigenvalue weighted by Gasteiger charge is -2.28. The number of hydrogen-bond donors (Lipinski definition) is 1. The molecule has 0 saturated heterocycles. The second-order valence-corrected chi connectivity index (χ2v) is 6.01. The Kier molecular flexibility index (Phi) is 5.93. The van der Waals surface area contributed by atoms with Crippen LogP contribution in [0, 0.1) is 5.41 Å². The highest BCUT2D eigenvalue weighted by molar-refractivity contribution is 5.92. The summed E-state index contributed by atoms with van der Waals surface area (Å²) in [6.07, 6.45) is 0.860. The predicted octanol–water partition coefficient (Wildman–Crippen LogP) is 2.21. The second-order valence-electron chi connectivity index (χ2n) is 6.01. The Hall–Kier alpha value is -1.85. The second kappa shape index (κ2) is 7.24. The summed E-state index contributed by atoms with van der Waals surface area (Å²) in [6, 6.07) is 1.59. The Morgan fingerprint density at radius 1 is 1.33 bits per heavy atom. The molecule has 2 amide bonds. The lowest BCUT2D eigenvalue weighted by molar-refractivity contribution is -0.140. The molecule has 1 rings (SSSR count). The van der Waals surface area contributed by atoms with Crippen LogP contribution in [0.2, 0.25) is 0 Å². The topological polar surface area (TPSA) is 75.4 Å². The van der Waals surface area contributed by atoms with Gasteiger partial charge in [0.05, 0.1) is 6.54 Å². The van der Waals surface area contributed by atoms with Crippen molar-refractivity contribution in [1.29, 1.82) is 0 Å². The summed E-state index contributed by atoms with van der Waals surface area (Å²) >= 11 is 0. The minimum atomic E-state index is -0.447. The molecule has 0 radical (unpaired) electrons. The minimum Gasteiger partial charge on any atom is -0.359 e. The number of hydrogen-bond acceptors (Lipinski definition) is 4. The summed E-state index contributed by atoms with van der Waals surface area (Å²) in [7, 11) is 0. The summed E-state index contributed by atoms with van der Waals surface area (Å²) in [5.41, 5.74) is -0.205.